The van der Waals surface area contributed by atoms with Crippen LogP contribution in [0.4, 0.5) is 34.1 Å². The van der Waals surface area contributed by atoms with E-state index in [0.29, 0.717) is 0 Å². The Morgan fingerprint density at radius 1 is 0.165 bits per heavy atom. The van der Waals surface area contributed by atoms with Crippen molar-refractivity contribution in [2.75, 3.05) is 9.80 Å². The molecule has 15 aromatic carbocycles. The van der Waals surface area contributed by atoms with Crippen LogP contribution < -0.4 is 9.80 Å². The molecule has 0 aliphatic rings. The molecule has 18 rings (SSSR count). The molecule has 0 fully saturated rings. The Balaban J connectivity index is 0.986. The Labute approximate surface area is 526 Å². The highest BCUT2D eigenvalue weighted by atomic mass is 15.2. The fraction of sp³-hybridized carbons (Fsp3) is 0. The van der Waals surface area contributed by atoms with Crippen molar-refractivity contribution < 1.29 is 0 Å². The lowest BCUT2D eigenvalue weighted by Gasteiger charge is -2.33. The van der Waals surface area contributed by atoms with Crippen LogP contribution in [-0.2, 0) is 0 Å². The van der Waals surface area contributed by atoms with Crippen molar-refractivity contribution in [3.63, 3.8) is 0 Å². The quantitative estimate of drug-likeness (QED) is 0.0951. The largest absolute Gasteiger partial charge is 0.309 e. The first kappa shape index (κ1) is 52.0. The van der Waals surface area contributed by atoms with Crippen LogP contribution in [0.15, 0.2) is 346 Å². The molecular formula is C86H57N5. The maximum absolute atomic E-state index is 2.57. The first-order valence-corrected chi connectivity index (χ1v) is 31.2. The number of anilines is 6. The summed E-state index contributed by atoms with van der Waals surface area (Å²) in [4.78, 5) is 5.10. The van der Waals surface area contributed by atoms with E-state index in [2.05, 4.69) is 369 Å². The molecule has 0 bridgehead atoms. The Hall–Kier alpha value is -12.2. The second-order valence-electron chi connectivity index (χ2n) is 23.6. The zero-order valence-corrected chi connectivity index (χ0v) is 49.6. The number of benzene rings is 15. The van der Waals surface area contributed by atoms with Gasteiger partial charge in [0.25, 0.3) is 0 Å². The van der Waals surface area contributed by atoms with E-state index < -0.39 is 0 Å². The van der Waals surface area contributed by atoms with Gasteiger partial charge in [-0.1, -0.05) is 212 Å². The van der Waals surface area contributed by atoms with Gasteiger partial charge in [0, 0.05) is 93.7 Å². The third kappa shape index (κ3) is 8.47. The maximum atomic E-state index is 2.57. The molecule has 0 N–H and O–H groups in total. The van der Waals surface area contributed by atoms with Gasteiger partial charge in [0.05, 0.1) is 44.5 Å². The Morgan fingerprint density at radius 3 is 0.802 bits per heavy atom. The van der Waals surface area contributed by atoms with Gasteiger partial charge in [-0.25, -0.2) is 0 Å². The van der Waals surface area contributed by atoms with Gasteiger partial charge in [0.1, 0.15) is 0 Å². The van der Waals surface area contributed by atoms with Gasteiger partial charge in [0.2, 0.25) is 0 Å². The maximum Gasteiger partial charge on any atom is 0.0620 e. The number of nitrogens with zero attached hydrogens (tertiary/aromatic N) is 5. The number of para-hydroxylation sites is 7. The monoisotopic (exact) mass is 1160 g/mol. The lowest BCUT2D eigenvalue weighted by molar-refractivity contribution is 1.18. The highest BCUT2D eigenvalue weighted by molar-refractivity contribution is 6.26. The molecule has 0 radical (unpaired) electrons. The van der Waals surface area contributed by atoms with Crippen LogP contribution >= 0.6 is 0 Å². The molecule has 3 heterocycles. The summed E-state index contributed by atoms with van der Waals surface area (Å²) in [5.41, 5.74) is 21.2. The average Bonchev–Trinajstić information content (AvgIpc) is 1.18. The van der Waals surface area contributed by atoms with Crippen LogP contribution in [0.2, 0.25) is 0 Å². The molecule has 426 valence electrons. The minimum atomic E-state index is 1.04. The SMILES string of the molecule is c1ccc(-c2ccc3c(N(c4ccc5c(c4)c4ccccc4n5-c4ccccc4)c4ccc5c(c4)c4ccccc4n5-c4ccccc4)c4cc(-c5ccccc5)ccc4c(N(c4ccccc4)c4ccc5c(c4)c4ccccc4n5-c4ccccc4)c3c2)cc1. The van der Waals surface area contributed by atoms with E-state index >= 15 is 0 Å². The van der Waals surface area contributed by atoms with E-state index in [-0.39, 0.29) is 0 Å². The topological polar surface area (TPSA) is 21.3 Å². The fourth-order valence-corrected chi connectivity index (χ4v) is 14.5. The Kier molecular flexibility index (Phi) is 12.2. The summed E-state index contributed by atoms with van der Waals surface area (Å²) in [6, 6.07) is 127. The highest BCUT2D eigenvalue weighted by Gasteiger charge is 2.29. The van der Waals surface area contributed by atoms with E-state index in [1.54, 1.807) is 0 Å². The standard InChI is InChI=1S/C86H57N5/c1-7-25-58(26-8-1)60-44-49-73-77(53-60)85(87(62-29-11-3-12-30-62)66-45-50-82-74(55-66)69-37-19-22-40-79(69)89(82)63-31-13-4-14-32-63)72-48-43-61(59-27-9-2-10-28-59)54-78(72)86(73)88(67-46-51-83-75(56-67)70-38-20-23-41-80(70)90(83)64-33-15-5-16-34-64)68-47-52-84-76(57-68)71-39-21-24-42-81(71)91(84)65-35-17-6-18-36-65/h1-57H. The minimum absolute atomic E-state index is 1.04. The summed E-state index contributed by atoms with van der Waals surface area (Å²) < 4.78 is 7.23. The molecule has 0 saturated heterocycles. The predicted molar refractivity (Wildman–Crippen MR) is 385 cm³/mol. The Morgan fingerprint density at radius 2 is 0.451 bits per heavy atom. The molecule has 18 aromatic rings. The second-order valence-corrected chi connectivity index (χ2v) is 23.6. The number of rotatable bonds is 11. The van der Waals surface area contributed by atoms with Gasteiger partial charge in [-0.3, -0.25) is 0 Å². The van der Waals surface area contributed by atoms with Crippen LogP contribution in [0.3, 0.4) is 0 Å². The van der Waals surface area contributed by atoms with Crippen molar-refractivity contribution in [3.05, 3.63) is 346 Å². The van der Waals surface area contributed by atoms with Gasteiger partial charge in [-0.05, 0) is 156 Å². The van der Waals surface area contributed by atoms with Crippen LogP contribution in [0.25, 0.3) is 126 Å². The summed E-state index contributed by atoms with van der Waals surface area (Å²) in [6.07, 6.45) is 0. The molecule has 0 atom stereocenters. The van der Waals surface area contributed by atoms with E-state index in [4.69, 9.17) is 0 Å². The average molecular weight is 1160 g/mol. The lowest BCUT2D eigenvalue weighted by atomic mass is 9.91. The van der Waals surface area contributed by atoms with Crippen molar-refractivity contribution >= 4 is 121 Å². The summed E-state index contributed by atoms with van der Waals surface area (Å²) in [7, 11) is 0. The third-order valence-corrected chi connectivity index (χ3v) is 18.5. The molecule has 0 unspecified atom stereocenters. The van der Waals surface area contributed by atoms with Crippen LogP contribution in [0.5, 0.6) is 0 Å². The highest BCUT2D eigenvalue weighted by Crippen LogP contribution is 2.54. The van der Waals surface area contributed by atoms with E-state index in [1.807, 2.05) is 0 Å². The summed E-state index contributed by atoms with van der Waals surface area (Å²) in [5, 5.41) is 11.5. The first-order chi connectivity index (χ1) is 45.2. The molecule has 5 nitrogen and oxygen atoms in total. The smallest absolute Gasteiger partial charge is 0.0620 e. The van der Waals surface area contributed by atoms with E-state index in [1.165, 1.54) is 37.8 Å². The van der Waals surface area contributed by atoms with Crippen molar-refractivity contribution in [1.82, 2.24) is 13.7 Å². The van der Waals surface area contributed by atoms with Crippen LogP contribution in [-0.4, -0.2) is 13.7 Å². The summed E-state index contributed by atoms with van der Waals surface area (Å²) in [6.45, 7) is 0. The molecule has 5 heteroatoms. The normalized spacial score (nSPS) is 11.7. The van der Waals surface area contributed by atoms with Crippen molar-refractivity contribution in [2.45, 2.75) is 0 Å². The van der Waals surface area contributed by atoms with Gasteiger partial charge in [0.15, 0.2) is 0 Å². The fourth-order valence-electron chi connectivity index (χ4n) is 14.5. The lowest BCUT2D eigenvalue weighted by Crippen LogP contribution is -2.15. The number of fused-ring (bicyclic) bond motifs is 11. The van der Waals surface area contributed by atoms with Crippen molar-refractivity contribution in [2.24, 2.45) is 0 Å². The van der Waals surface area contributed by atoms with Crippen molar-refractivity contribution in [3.8, 4) is 39.3 Å². The van der Waals surface area contributed by atoms with E-state index in [0.717, 1.165) is 123 Å². The summed E-state index contributed by atoms with van der Waals surface area (Å²) in [5.74, 6) is 0. The van der Waals surface area contributed by atoms with Crippen LogP contribution in [0.1, 0.15) is 0 Å². The van der Waals surface area contributed by atoms with Gasteiger partial charge >= 0.3 is 0 Å². The van der Waals surface area contributed by atoms with Crippen LogP contribution in [0, 0.1) is 0 Å². The molecule has 0 saturated carbocycles. The zero-order valence-electron chi connectivity index (χ0n) is 49.6. The van der Waals surface area contributed by atoms with Gasteiger partial charge in [-0.15, -0.1) is 0 Å². The third-order valence-electron chi connectivity index (χ3n) is 18.5. The van der Waals surface area contributed by atoms with Gasteiger partial charge in [-0.2, -0.15) is 0 Å². The molecule has 0 aliphatic carbocycles. The van der Waals surface area contributed by atoms with E-state index in [9.17, 15) is 0 Å². The van der Waals surface area contributed by atoms with Gasteiger partial charge < -0.3 is 23.5 Å². The molecule has 0 amide bonds. The minimum Gasteiger partial charge on any atom is -0.309 e. The molecule has 91 heavy (non-hydrogen) atoms. The number of hydrogen-bond acceptors (Lipinski definition) is 2. The first-order valence-electron chi connectivity index (χ1n) is 31.2. The number of hydrogen-bond donors (Lipinski definition) is 0. The molecular weight excluding hydrogens is 1100 g/mol. The second kappa shape index (κ2) is 21.3. The molecule has 3 aromatic heterocycles. The van der Waals surface area contributed by atoms with Crippen molar-refractivity contribution in [1.29, 1.82) is 0 Å². The zero-order chi connectivity index (χ0) is 59.9. The molecule has 0 spiro atoms. The number of aromatic nitrogens is 3. The Bertz CT molecular complexity index is 5660. The summed E-state index contributed by atoms with van der Waals surface area (Å²) >= 11 is 0. The predicted octanol–water partition coefficient (Wildman–Crippen LogP) is 23.6. The molecule has 0 aliphatic heterocycles.